The van der Waals surface area contributed by atoms with Crippen molar-refractivity contribution in [3.8, 4) is 0 Å². The van der Waals surface area contributed by atoms with E-state index in [4.69, 9.17) is 5.11 Å². The third kappa shape index (κ3) is 3.71. The van der Waals surface area contributed by atoms with Gasteiger partial charge in [-0.3, -0.25) is 9.88 Å². The minimum Gasteiger partial charge on any atom is -0.395 e. The molecule has 0 atom stereocenters. The fourth-order valence-corrected chi connectivity index (χ4v) is 2.34. The van der Waals surface area contributed by atoms with E-state index in [0.29, 0.717) is 6.54 Å². The summed E-state index contributed by atoms with van der Waals surface area (Å²) in [6, 6.07) is 9.58. The molecule has 0 radical (unpaired) electrons. The number of aromatic nitrogens is 1. The highest BCUT2D eigenvalue weighted by Gasteiger charge is 2.14. The molecular weight excluding hydrogens is 262 g/mol. The molecule has 0 saturated carbocycles. The molecule has 1 aromatic heterocycles. The third-order valence-electron chi connectivity index (χ3n) is 3.14. The predicted octanol–water partition coefficient (Wildman–Crippen LogP) is 2.60. The summed E-state index contributed by atoms with van der Waals surface area (Å²) < 4.78 is 25.1. The molecule has 2 aromatic rings. The molecule has 0 fully saturated rings. The summed E-state index contributed by atoms with van der Waals surface area (Å²) in [6.45, 7) is 2.04. The van der Waals surface area contributed by atoms with E-state index in [1.165, 1.54) is 0 Å². The van der Waals surface area contributed by atoms with Gasteiger partial charge in [-0.15, -0.1) is 0 Å². The van der Waals surface area contributed by atoms with E-state index >= 15 is 0 Å². The van der Waals surface area contributed by atoms with Crippen molar-refractivity contribution >= 4 is 10.9 Å². The molecule has 20 heavy (non-hydrogen) atoms. The van der Waals surface area contributed by atoms with Crippen LogP contribution in [0.3, 0.4) is 0 Å². The second-order valence-electron chi connectivity index (χ2n) is 4.79. The zero-order valence-corrected chi connectivity index (χ0v) is 11.4. The van der Waals surface area contributed by atoms with Gasteiger partial charge < -0.3 is 5.11 Å². The summed E-state index contributed by atoms with van der Waals surface area (Å²) in [7, 11) is 0. The molecule has 2 rings (SSSR count). The quantitative estimate of drug-likeness (QED) is 0.883. The number of rotatable bonds is 6. The van der Waals surface area contributed by atoms with Gasteiger partial charge in [0.1, 0.15) is 0 Å². The number of aliphatic hydroxyl groups is 1. The second kappa shape index (κ2) is 6.72. The van der Waals surface area contributed by atoms with Crippen LogP contribution in [0.15, 0.2) is 30.3 Å². The predicted molar refractivity (Wildman–Crippen MR) is 74.8 cm³/mol. The van der Waals surface area contributed by atoms with Gasteiger partial charge in [0.2, 0.25) is 0 Å². The van der Waals surface area contributed by atoms with Crippen molar-refractivity contribution in [2.75, 3.05) is 19.7 Å². The van der Waals surface area contributed by atoms with Crippen LogP contribution in [-0.4, -0.2) is 41.1 Å². The van der Waals surface area contributed by atoms with Gasteiger partial charge in [0, 0.05) is 24.2 Å². The minimum absolute atomic E-state index is 0.130. The number of alkyl halides is 2. The maximum Gasteiger partial charge on any atom is 0.251 e. The molecule has 1 aromatic carbocycles. The molecule has 0 bridgehead atoms. The fourth-order valence-electron chi connectivity index (χ4n) is 2.34. The number of hydrogen-bond acceptors (Lipinski definition) is 3. The molecule has 108 valence electrons. The van der Waals surface area contributed by atoms with Gasteiger partial charge in [-0.05, 0) is 24.6 Å². The minimum atomic E-state index is -2.41. The molecular formula is C15H18F2N2O. The molecule has 3 nitrogen and oxygen atoms in total. The molecule has 0 aliphatic heterocycles. The Bertz CT molecular complexity index is 575. The van der Waals surface area contributed by atoms with Crippen LogP contribution >= 0.6 is 0 Å². The van der Waals surface area contributed by atoms with Crippen molar-refractivity contribution in [2.45, 2.75) is 19.9 Å². The molecule has 0 spiro atoms. The van der Waals surface area contributed by atoms with Crippen LogP contribution in [0.1, 0.15) is 11.3 Å². The molecule has 0 saturated heterocycles. The van der Waals surface area contributed by atoms with Crippen LogP contribution in [0.2, 0.25) is 0 Å². The first-order valence-corrected chi connectivity index (χ1v) is 6.57. The lowest BCUT2D eigenvalue weighted by Crippen LogP contribution is -2.31. The van der Waals surface area contributed by atoms with Gasteiger partial charge in [-0.25, -0.2) is 8.78 Å². The summed E-state index contributed by atoms with van der Waals surface area (Å²) in [5.41, 5.74) is 2.69. The number of pyridine rings is 1. The highest BCUT2D eigenvalue weighted by atomic mass is 19.3. The van der Waals surface area contributed by atoms with E-state index in [0.717, 1.165) is 22.2 Å². The topological polar surface area (TPSA) is 36.4 Å². The molecule has 1 N–H and O–H groups in total. The maximum atomic E-state index is 12.6. The summed E-state index contributed by atoms with van der Waals surface area (Å²) in [5, 5.41) is 9.96. The summed E-state index contributed by atoms with van der Waals surface area (Å²) in [4.78, 5) is 6.00. The average molecular weight is 280 g/mol. The standard InChI is InChI=1S/C15H18F2N2O/c1-11-8-12(9-19(6-7-20)10-15(16)17)13-4-2-3-5-14(13)18-11/h2-5,8,15,20H,6-7,9-10H2,1H3. The van der Waals surface area contributed by atoms with Gasteiger partial charge in [-0.1, -0.05) is 18.2 Å². The van der Waals surface area contributed by atoms with Gasteiger partial charge in [0.25, 0.3) is 6.43 Å². The lowest BCUT2D eigenvalue weighted by atomic mass is 10.1. The molecule has 1 heterocycles. The number of benzene rings is 1. The lowest BCUT2D eigenvalue weighted by Gasteiger charge is -2.21. The van der Waals surface area contributed by atoms with E-state index in [2.05, 4.69) is 4.98 Å². The van der Waals surface area contributed by atoms with Crippen molar-refractivity contribution in [3.05, 3.63) is 41.6 Å². The smallest absolute Gasteiger partial charge is 0.251 e. The highest BCUT2D eigenvalue weighted by Crippen LogP contribution is 2.20. The Morgan fingerprint density at radius 3 is 2.75 bits per heavy atom. The van der Waals surface area contributed by atoms with Crippen molar-refractivity contribution in [3.63, 3.8) is 0 Å². The highest BCUT2D eigenvalue weighted by molar-refractivity contribution is 5.82. The number of halogens is 2. The normalized spacial score (nSPS) is 11.7. The zero-order valence-electron chi connectivity index (χ0n) is 11.4. The Morgan fingerprint density at radius 1 is 1.30 bits per heavy atom. The number of aryl methyl sites for hydroxylation is 1. The first-order valence-electron chi connectivity index (χ1n) is 6.57. The Morgan fingerprint density at radius 2 is 2.05 bits per heavy atom. The SMILES string of the molecule is Cc1cc(CN(CCO)CC(F)F)c2ccccc2n1. The van der Waals surface area contributed by atoms with Crippen LogP contribution < -0.4 is 0 Å². The summed E-state index contributed by atoms with van der Waals surface area (Å²) >= 11 is 0. The number of para-hydroxylation sites is 1. The van der Waals surface area contributed by atoms with Crippen LogP contribution in [0.25, 0.3) is 10.9 Å². The summed E-state index contributed by atoms with van der Waals surface area (Å²) in [5.74, 6) is 0. The average Bonchev–Trinajstić information content (AvgIpc) is 2.38. The first kappa shape index (κ1) is 14.8. The number of nitrogens with zero attached hydrogens (tertiary/aromatic N) is 2. The largest absolute Gasteiger partial charge is 0.395 e. The molecule has 5 heteroatoms. The van der Waals surface area contributed by atoms with Gasteiger partial charge in [0.05, 0.1) is 18.7 Å². The molecule has 0 aliphatic carbocycles. The maximum absolute atomic E-state index is 12.6. The van der Waals surface area contributed by atoms with E-state index in [1.54, 1.807) is 4.90 Å². The number of hydrogen-bond donors (Lipinski definition) is 1. The lowest BCUT2D eigenvalue weighted by molar-refractivity contribution is 0.0748. The Kier molecular flexibility index (Phi) is 4.98. The van der Waals surface area contributed by atoms with Crippen molar-refractivity contribution in [1.82, 2.24) is 9.88 Å². The third-order valence-corrected chi connectivity index (χ3v) is 3.14. The monoisotopic (exact) mass is 280 g/mol. The zero-order chi connectivity index (χ0) is 14.5. The Labute approximate surface area is 116 Å². The summed E-state index contributed by atoms with van der Waals surface area (Å²) in [6.07, 6.45) is -2.41. The Balaban J connectivity index is 2.31. The van der Waals surface area contributed by atoms with Gasteiger partial charge >= 0.3 is 0 Å². The molecule has 0 amide bonds. The van der Waals surface area contributed by atoms with Gasteiger partial charge in [0.15, 0.2) is 0 Å². The van der Waals surface area contributed by atoms with Crippen LogP contribution in [0.5, 0.6) is 0 Å². The van der Waals surface area contributed by atoms with Crippen molar-refractivity contribution < 1.29 is 13.9 Å². The fraction of sp³-hybridized carbons (Fsp3) is 0.400. The van der Waals surface area contributed by atoms with E-state index in [1.807, 2.05) is 37.3 Å². The van der Waals surface area contributed by atoms with Crippen LogP contribution in [0, 0.1) is 6.92 Å². The van der Waals surface area contributed by atoms with E-state index in [-0.39, 0.29) is 19.7 Å². The first-order chi connectivity index (χ1) is 9.60. The molecule has 0 unspecified atom stereocenters. The van der Waals surface area contributed by atoms with E-state index < -0.39 is 6.43 Å². The van der Waals surface area contributed by atoms with Crippen LogP contribution in [-0.2, 0) is 6.54 Å². The van der Waals surface area contributed by atoms with Gasteiger partial charge in [-0.2, -0.15) is 0 Å². The molecule has 0 aliphatic rings. The van der Waals surface area contributed by atoms with Crippen molar-refractivity contribution in [2.24, 2.45) is 0 Å². The van der Waals surface area contributed by atoms with Crippen LogP contribution in [0.4, 0.5) is 8.78 Å². The van der Waals surface area contributed by atoms with Crippen molar-refractivity contribution in [1.29, 1.82) is 0 Å². The Hall–Kier alpha value is -1.59. The number of aliphatic hydroxyl groups excluding tert-OH is 1. The number of fused-ring (bicyclic) bond motifs is 1. The van der Waals surface area contributed by atoms with E-state index in [9.17, 15) is 8.78 Å². The second-order valence-corrected chi connectivity index (χ2v) is 4.79.